The number of thiophene rings is 1. The van der Waals surface area contributed by atoms with Crippen molar-refractivity contribution in [3.8, 4) is 10.6 Å². The van der Waals surface area contributed by atoms with E-state index in [0.717, 1.165) is 0 Å². The second-order valence-corrected chi connectivity index (χ2v) is 12.2. The highest BCUT2D eigenvalue weighted by molar-refractivity contribution is 7.91. The van der Waals surface area contributed by atoms with Crippen LogP contribution < -0.4 is 5.32 Å². The van der Waals surface area contributed by atoms with Crippen LogP contribution in [0, 0.1) is 6.92 Å². The third-order valence-corrected chi connectivity index (χ3v) is 8.90. The fourth-order valence-electron chi connectivity index (χ4n) is 4.49. The minimum atomic E-state index is -5.09. The van der Waals surface area contributed by atoms with Gasteiger partial charge in [0.1, 0.15) is 0 Å². The number of nitrogens with one attached hydrogen (secondary N) is 1. The highest BCUT2D eigenvalue weighted by Crippen LogP contribution is 2.38. The number of aryl methyl sites for hydroxylation is 1. The maximum Gasteiger partial charge on any atom is 0.416 e. The highest BCUT2D eigenvalue weighted by Gasteiger charge is 2.37. The average Bonchev–Trinajstić information content (AvgIpc) is 3.56. The Hall–Kier alpha value is -3.46. The molecule has 3 aromatic heterocycles. The van der Waals surface area contributed by atoms with Crippen LogP contribution in [-0.4, -0.2) is 40.6 Å². The van der Waals surface area contributed by atoms with Crippen LogP contribution >= 0.6 is 11.3 Å². The summed E-state index contributed by atoms with van der Waals surface area (Å²) in [6.45, 7) is 1.55. The molecule has 0 aliphatic carbocycles. The van der Waals surface area contributed by atoms with Crippen molar-refractivity contribution in [1.82, 2.24) is 14.8 Å². The first-order valence-corrected chi connectivity index (χ1v) is 14.1. The zero-order valence-corrected chi connectivity index (χ0v) is 21.5. The molecule has 4 aromatic rings. The van der Waals surface area contributed by atoms with Gasteiger partial charge >= 0.3 is 12.4 Å². The van der Waals surface area contributed by atoms with E-state index in [1.54, 1.807) is 24.4 Å². The molecule has 1 unspecified atom stereocenters. The van der Waals surface area contributed by atoms with Gasteiger partial charge in [0.25, 0.3) is 5.91 Å². The summed E-state index contributed by atoms with van der Waals surface area (Å²) in [6.07, 6.45) is -9.90. The highest BCUT2D eigenvalue weighted by atomic mass is 32.2. The molecular weight excluding hydrogens is 570 g/mol. The zero-order valence-electron chi connectivity index (χ0n) is 19.9. The number of nitrogens with zero attached hydrogens (tertiary/aromatic N) is 3. The molecule has 1 saturated heterocycles. The van der Waals surface area contributed by atoms with E-state index in [-0.39, 0.29) is 40.6 Å². The largest absolute Gasteiger partial charge is 0.416 e. The van der Waals surface area contributed by atoms with Crippen LogP contribution in [0.2, 0.25) is 0 Å². The SMILES string of the molecule is Cc1nn(C2CCS(=O)(=O)C2)c2nc(-c3cccs3)cc(C(=O)Nc3cc(C(F)(F)F)cc(C(F)(F)F)c3)c12. The van der Waals surface area contributed by atoms with Gasteiger partial charge < -0.3 is 5.32 Å². The number of carbonyl (C=O) groups is 1. The lowest BCUT2D eigenvalue weighted by Crippen LogP contribution is -2.17. The molecule has 206 valence electrons. The van der Waals surface area contributed by atoms with Crippen LogP contribution in [0.5, 0.6) is 0 Å². The first-order valence-electron chi connectivity index (χ1n) is 11.4. The predicted molar refractivity (Wildman–Crippen MR) is 132 cm³/mol. The molecule has 1 N–H and O–H groups in total. The number of halogens is 6. The molecule has 1 fully saturated rings. The Morgan fingerprint density at radius 1 is 1.08 bits per heavy atom. The summed E-state index contributed by atoms with van der Waals surface area (Å²) in [4.78, 5) is 18.7. The normalized spacial score (nSPS) is 17.6. The smallest absolute Gasteiger partial charge is 0.322 e. The number of anilines is 1. The number of rotatable bonds is 4. The maximum absolute atomic E-state index is 13.4. The Morgan fingerprint density at radius 3 is 2.28 bits per heavy atom. The lowest BCUT2D eigenvalue weighted by atomic mass is 10.1. The van der Waals surface area contributed by atoms with Crippen molar-refractivity contribution in [1.29, 1.82) is 0 Å². The lowest BCUT2D eigenvalue weighted by Gasteiger charge is -2.15. The van der Waals surface area contributed by atoms with Crippen LogP contribution in [0.4, 0.5) is 32.0 Å². The molecule has 1 aromatic carbocycles. The van der Waals surface area contributed by atoms with E-state index in [4.69, 9.17) is 0 Å². The summed E-state index contributed by atoms with van der Waals surface area (Å²) < 4.78 is 106. The van der Waals surface area contributed by atoms with Crippen molar-refractivity contribution in [2.24, 2.45) is 0 Å². The summed E-state index contributed by atoms with van der Waals surface area (Å²) in [5.74, 6) is -1.21. The lowest BCUT2D eigenvalue weighted by molar-refractivity contribution is -0.143. The van der Waals surface area contributed by atoms with Crippen molar-refractivity contribution >= 4 is 43.8 Å². The summed E-state index contributed by atoms with van der Waals surface area (Å²) >= 11 is 1.29. The number of alkyl halides is 6. The van der Waals surface area contributed by atoms with Crippen molar-refractivity contribution in [3.63, 3.8) is 0 Å². The third kappa shape index (κ3) is 5.37. The van der Waals surface area contributed by atoms with Gasteiger partial charge in [-0.15, -0.1) is 11.3 Å². The van der Waals surface area contributed by atoms with Gasteiger partial charge in [-0.05, 0) is 49.1 Å². The molecule has 39 heavy (non-hydrogen) atoms. The number of benzene rings is 1. The van der Waals surface area contributed by atoms with E-state index in [9.17, 15) is 39.6 Å². The number of fused-ring (bicyclic) bond motifs is 1. The number of hydrogen-bond acceptors (Lipinski definition) is 6. The monoisotopic (exact) mass is 588 g/mol. The molecule has 0 radical (unpaired) electrons. The Labute approximate surface area is 221 Å². The maximum atomic E-state index is 13.4. The van der Waals surface area contributed by atoms with Crippen molar-refractivity contribution < 1.29 is 39.6 Å². The van der Waals surface area contributed by atoms with Crippen LogP contribution in [0.3, 0.4) is 0 Å². The molecule has 5 rings (SSSR count). The van der Waals surface area contributed by atoms with E-state index in [2.05, 4.69) is 15.4 Å². The van der Waals surface area contributed by atoms with Crippen LogP contribution in [0.25, 0.3) is 21.6 Å². The number of pyridine rings is 1. The third-order valence-electron chi connectivity index (χ3n) is 6.25. The Balaban J connectivity index is 1.64. The van der Waals surface area contributed by atoms with E-state index >= 15 is 0 Å². The Morgan fingerprint density at radius 2 is 1.74 bits per heavy atom. The van der Waals surface area contributed by atoms with Crippen molar-refractivity contribution in [3.05, 3.63) is 64.2 Å². The molecule has 0 saturated carbocycles. The Kier molecular flexibility index (Phi) is 6.49. The number of hydrogen-bond donors (Lipinski definition) is 1. The van der Waals surface area contributed by atoms with Gasteiger partial charge in [0.05, 0.1) is 55.9 Å². The molecule has 0 spiro atoms. The van der Waals surface area contributed by atoms with E-state index in [1.807, 2.05) is 0 Å². The Bertz CT molecular complexity index is 1660. The van der Waals surface area contributed by atoms with Crippen molar-refractivity contribution in [2.45, 2.75) is 31.7 Å². The topological polar surface area (TPSA) is 93.9 Å². The van der Waals surface area contributed by atoms with Crippen LogP contribution in [-0.2, 0) is 22.2 Å². The van der Waals surface area contributed by atoms with Gasteiger partial charge in [-0.25, -0.2) is 18.1 Å². The first kappa shape index (κ1) is 27.1. The minimum absolute atomic E-state index is 0.0287. The van der Waals surface area contributed by atoms with Crippen LogP contribution in [0.15, 0.2) is 41.8 Å². The second-order valence-electron chi connectivity index (χ2n) is 9.07. The van der Waals surface area contributed by atoms with Gasteiger partial charge in [0.15, 0.2) is 15.5 Å². The molecule has 1 aliphatic rings. The van der Waals surface area contributed by atoms with Crippen molar-refractivity contribution in [2.75, 3.05) is 16.8 Å². The first-order chi connectivity index (χ1) is 18.1. The van der Waals surface area contributed by atoms with Gasteiger partial charge in [-0.2, -0.15) is 31.4 Å². The second kappa shape index (κ2) is 9.33. The van der Waals surface area contributed by atoms with E-state index in [1.165, 1.54) is 22.1 Å². The van der Waals surface area contributed by atoms with Gasteiger partial charge in [-0.1, -0.05) is 6.07 Å². The fraction of sp³-hybridized carbons (Fsp3) is 0.292. The van der Waals surface area contributed by atoms with Crippen LogP contribution in [0.1, 0.15) is 39.6 Å². The average molecular weight is 589 g/mol. The van der Waals surface area contributed by atoms with Gasteiger partial charge in [-0.3, -0.25) is 4.79 Å². The minimum Gasteiger partial charge on any atom is -0.322 e. The molecule has 7 nitrogen and oxygen atoms in total. The molecule has 1 aliphatic heterocycles. The predicted octanol–water partition coefficient (Wildman–Crippen LogP) is 6.12. The van der Waals surface area contributed by atoms with Gasteiger partial charge in [0, 0.05) is 5.69 Å². The summed E-state index contributed by atoms with van der Waals surface area (Å²) in [7, 11) is -3.31. The standard InChI is InChI=1S/C24H18F6N4O3S2/c1-12-20-17(22(35)31-15-8-13(23(25,26)27)7-14(9-15)24(28,29)30)10-18(19-3-2-5-38-19)32-21(20)34(33-12)16-4-6-39(36,37)11-16/h2-3,5,7-10,16H,4,6,11H2,1H3,(H,31,35). The molecule has 15 heteroatoms. The number of amides is 1. The molecular formula is C24H18F6N4O3S2. The van der Waals surface area contributed by atoms with E-state index < -0.39 is 51.0 Å². The summed E-state index contributed by atoms with van der Waals surface area (Å²) in [6, 6.07) is 5.10. The summed E-state index contributed by atoms with van der Waals surface area (Å²) in [5, 5.41) is 8.56. The number of carbonyl (C=O) groups excluding carboxylic acids is 1. The fourth-order valence-corrected chi connectivity index (χ4v) is 6.87. The summed E-state index contributed by atoms with van der Waals surface area (Å²) in [5.41, 5.74) is -3.13. The molecule has 1 amide bonds. The molecule has 1 atom stereocenters. The molecule has 0 bridgehead atoms. The number of sulfone groups is 1. The molecule has 4 heterocycles. The van der Waals surface area contributed by atoms with E-state index in [0.29, 0.717) is 28.4 Å². The quantitative estimate of drug-likeness (QED) is 0.290. The van der Waals surface area contributed by atoms with Gasteiger partial charge in [0.2, 0.25) is 0 Å². The zero-order chi connectivity index (χ0) is 28.3. The number of aromatic nitrogens is 3.